The van der Waals surface area contributed by atoms with Crippen LogP contribution in [-0.2, 0) is 4.79 Å². The van der Waals surface area contributed by atoms with E-state index in [2.05, 4.69) is 41.4 Å². The molecule has 2 fully saturated rings. The highest BCUT2D eigenvalue weighted by molar-refractivity contribution is 6.35. The number of nitrogens with one attached hydrogen (secondary N) is 1. The Balaban J connectivity index is 1.41. The normalized spacial score (nSPS) is 22.3. The summed E-state index contributed by atoms with van der Waals surface area (Å²) in [6.45, 7) is 4.74. The standard InChI is InChI=1S/C26H31Cl2N3O3/c1-17-2-4-18(5-3-17)24(22-11-8-20(27)16-23(22)28)30-12-14-31(15-13-30)26(34)29-21-9-6-19(7-10-21)25(32)33/h2-5,8,11,16,19,21,24H,6-7,9-10,12-15H2,1H3,(H,29,34)(H,32,33)/t19?,21?,24-/m0/s1. The second-order valence-electron chi connectivity index (χ2n) is 9.34. The molecule has 34 heavy (non-hydrogen) atoms. The van der Waals surface area contributed by atoms with E-state index in [1.165, 1.54) is 5.56 Å². The molecule has 1 aliphatic heterocycles. The van der Waals surface area contributed by atoms with Gasteiger partial charge in [0.2, 0.25) is 0 Å². The van der Waals surface area contributed by atoms with Gasteiger partial charge in [-0.2, -0.15) is 0 Å². The van der Waals surface area contributed by atoms with Crippen molar-refractivity contribution in [3.8, 4) is 0 Å². The third-order valence-corrected chi connectivity index (χ3v) is 7.58. The van der Waals surface area contributed by atoms with Crippen molar-refractivity contribution in [3.63, 3.8) is 0 Å². The Hall–Kier alpha value is -2.28. The number of rotatable bonds is 5. The first-order chi connectivity index (χ1) is 16.3. The van der Waals surface area contributed by atoms with E-state index in [0.717, 1.165) is 24.2 Å². The maximum Gasteiger partial charge on any atom is 0.317 e. The highest BCUT2D eigenvalue weighted by atomic mass is 35.5. The molecule has 6 nitrogen and oxygen atoms in total. The summed E-state index contributed by atoms with van der Waals surface area (Å²) in [6, 6.07) is 14.1. The minimum Gasteiger partial charge on any atom is -0.481 e. The molecule has 8 heteroatoms. The number of urea groups is 1. The summed E-state index contributed by atoms with van der Waals surface area (Å²) in [5.41, 5.74) is 3.36. The van der Waals surface area contributed by atoms with Crippen molar-refractivity contribution in [2.45, 2.75) is 44.7 Å². The summed E-state index contributed by atoms with van der Waals surface area (Å²) in [4.78, 5) is 28.3. The van der Waals surface area contributed by atoms with E-state index in [0.29, 0.717) is 48.8 Å². The summed E-state index contributed by atoms with van der Waals surface area (Å²) in [7, 11) is 0. The number of benzene rings is 2. The van der Waals surface area contributed by atoms with Crippen molar-refractivity contribution >= 4 is 35.2 Å². The third kappa shape index (κ3) is 5.85. The van der Waals surface area contributed by atoms with Crippen LogP contribution in [0.2, 0.25) is 10.0 Å². The Labute approximate surface area is 210 Å². The lowest BCUT2D eigenvalue weighted by molar-refractivity contribution is -0.142. The van der Waals surface area contributed by atoms with Crippen LogP contribution >= 0.6 is 23.2 Å². The average molecular weight is 504 g/mol. The van der Waals surface area contributed by atoms with Crippen LogP contribution in [0.25, 0.3) is 0 Å². The van der Waals surface area contributed by atoms with Gasteiger partial charge in [0.25, 0.3) is 0 Å². The topological polar surface area (TPSA) is 72.9 Å². The minimum absolute atomic E-state index is 0.0260. The average Bonchev–Trinajstić information content (AvgIpc) is 2.82. The molecule has 4 rings (SSSR count). The molecule has 1 heterocycles. The van der Waals surface area contributed by atoms with Crippen molar-refractivity contribution in [2.75, 3.05) is 26.2 Å². The zero-order valence-corrected chi connectivity index (χ0v) is 20.9. The Morgan fingerprint density at radius 3 is 2.21 bits per heavy atom. The van der Waals surface area contributed by atoms with Gasteiger partial charge in [0.1, 0.15) is 0 Å². The smallest absolute Gasteiger partial charge is 0.317 e. The molecule has 182 valence electrons. The van der Waals surface area contributed by atoms with Gasteiger partial charge in [0, 0.05) is 42.3 Å². The highest BCUT2D eigenvalue weighted by Crippen LogP contribution is 2.35. The van der Waals surface area contributed by atoms with Gasteiger partial charge in [-0.25, -0.2) is 4.79 Å². The molecule has 2 aromatic carbocycles. The van der Waals surface area contributed by atoms with Crippen LogP contribution in [0.1, 0.15) is 48.4 Å². The minimum atomic E-state index is -0.732. The molecule has 2 amide bonds. The Kier molecular flexibility index (Phi) is 8.02. The predicted octanol–water partition coefficient (Wildman–Crippen LogP) is 5.36. The van der Waals surface area contributed by atoms with E-state index >= 15 is 0 Å². The van der Waals surface area contributed by atoms with Crippen LogP contribution in [0, 0.1) is 12.8 Å². The first kappa shape index (κ1) is 24.8. The molecule has 1 aliphatic carbocycles. The van der Waals surface area contributed by atoms with Gasteiger partial charge in [0.05, 0.1) is 12.0 Å². The number of hydrogen-bond acceptors (Lipinski definition) is 3. The van der Waals surface area contributed by atoms with E-state index in [1.807, 2.05) is 17.0 Å². The van der Waals surface area contributed by atoms with Crippen molar-refractivity contribution in [2.24, 2.45) is 5.92 Å². The first-order valence-corrected chi connectivity index (χ1v) is 12.6. The first-order valence-electron chi connectivity index (χ1n) is 11.9. The fraction of sp³-hybridized carbons (Fsp3) is 0.462. The lowest BCUT2D eigenvalue weighted by atomic mass is 9.86. The summed E-state index contributed by atoms with van der Waals surface area (Å²) in [5.74, 6) is -1.01. The number of aryl methyl sites for hydroxylation is 1. The number of hydrogen-bond donors (Lipinski definition) is 2. The van der Waals surface area contributed by atoms with Crippen molar-refractivity contribution < 1.29 is 14.7 Å². The quantitative estimate of drug-likeness (QED) is 0.575. The number of amides is 2. The zero-order chi connectivity index (χ0) is 24.2. The second kappa shape index (κ2) is 11.0. The molecule has 0 radical (unpaired) electrons. The van der Waals surface area contributed by atoms with Crippen LogP contribution < -0.4 is 5.32 Å². The van der Waals surface area contributed by atoms with Crippen LogP contribution in [0.3, 0.4) is 0 Å². The number of halogens is 2. The number of nitrogens with zero attached hydrogens (tertiary/aromatic N) is 2. The van der Waals surface area contributed by atoms with Gasteiger partial charge < -0.3 is 15.3 Å². The Morgan fingerprint density at radius 1 is 0.971 bits per heavy atom. The lowest BCUT2D eigenvalue weighted by Crippen LogP contribution is -2.54. The molecular weight excluding hydrogens is 473 g/mol. The predicted molar refractivity (Wildman–Crippen MR) is 135 cm³/mol. The van der Waals surface area contributed by atoms with Crippen LogP contribution in [0.5, 0.6) is 0 Å². The highest BCUT2D eigenvalue weighted by Gasteiger charge is 2.31. The molecule has 1 saturated carbocycles. The SMILES string of the molecule is Cc1ccc([C@@H](c2ccc(Cl)cc2Cl)N2CCN(C(=O)NC3CCC(C(=O)O)CC3)CC2)cc1. The molecule has 0 unspecified atom stereocenters. The number of carboxylic acids is 1. The van der Waals surface area contributed by atoms with Crippen LogP contribution in [-0.4, -0.2) is 59.1 Å². The van der Waals surface area contributed by atoms with Gasteiger partial charge in [0.15, 0.2) is 0 Å². The molecule has 2 N–H and O–H groups in total. The fourth-order valence-electron chi connectivity index (χ4n) is 4.99. The Bertz CT molecular complexity index is 1010. The molecule has 1 saturated heterocycles. The number of carboxylic acid groups (broad SMARTS) is 1. The maximum absolute atomic E-state index is 12.9. The second-order valence-corrected chi connectivity index (χ2v) is 10.2. The van der Waals surface area contributed by atoms with Crippen molar-refractivity contribution in [1.29, 1.82) is 0 Å². The number of aliphatic carboxylic acids is 1. The zero-order valence-electron chi connectivity index (χ0n) is 19.3. The van der Waals surface area contributed by atoms with Gasteiger partial charge in [-0.3, -0.25) is 9.69 Å². The monoisotopic (exact) mass is 503 g/mol. The number of piperazine rings is 1. The third-order valence-electron chi connectivity index (χ3n) is 7.02. The van der Waals surface area contributed by atoms with E-state index in [-0.39, 0.29) is 24.0 Å². The summed E-state index contributed by atoms with van der Waals surface area (Å²) < 4.78 is 0. The van der Waals surface area contributed by atoms with E-state index in [9.17, 15) is 14.7 Å². The van der Waals surface area contributed by atoms with Crippen LogP contribution in [0.4, 0.5) is 4.79 Å². The molecule has 1 atom stereocenters. The molecule has 0 bridgehead atoms. The van der Waals surface area contributed by atoms with Gasteiger partial charge in [-0.1, -0.05) is 59.1 Å². The van der Waals surface area contributed by atoms with E-state index in [4.69, 9.17) is 23.2 Å². The Morgan fingerprint density at radius 2 is 1.62 bits per heavy atom. The molecule has 0 aromatic heterocycles. The van der Waals surface area contributed by atoms with E-state index < -0.39 is 5.97 Å². The van der Waals surface area contributed by atoms with Gasteiger partial charge >= 0.3 is 12.0 Å². The summed E-state index contributed by atoms with van der Waals surface area (Å²) in [5, 5.41) is 13.5. The van der Waals surface area contributed by atoms with Crippen molar-refractivity contribution in [3.05, 3.63) is 69.2 Å². The van der Waals surface area contributed by atoms with Gasteiger partial charge in [-0.15, -0.1) is 0 Å². The largest absolute Gasteiger partial charge is 0.481 e. The molecule has 0 spiro atoms. The lowest BCUT2D eigenvalue weighted by Gasteiger charge is -2.40. The molecule has 2 aliphatic rings. The fourth-order valence-corrected chi connectivity index (χ4v) is 5.50. The molecular formula is C26H31Cl2N3O3. The number of carbonyl (C=O) groups is 2. The van der Waals surface area contributed by atoms with Crippen molar-refractivity contribution in [1.82, 2.24) is 15.1 Å². The van der Waals surface area contributed by atoms with Crippen LogP contribution in [0.15, 0.2) is 42.5 Å². The summed E-state index contributed by atoms with van der Waals surface area (Å²) in [6.07, 6.45) is 2.67. The number of carbonyl (C=O) groups excluding carboxylic acids is 1. The summed E-state index contributed by atoms with van der Waals surface area (Å²) >= 11 is 12.8. The van der Waals surface area contributed by atoms with Gasteiger partial charge in [-0.05, 0) is 55.9 Å². The maximum atomic E-state index is 12.9. The van der Waals surface area contributed by atoms with E-state index in [1.54, 1.807) is 6.07 Å². The molecule has 2 aromatic rings.